The fourth-order valence-corrected chi connectivity index (χ4v) is 1.55. The quantitative estimate of drug-likeness (QED) is 0.572. The Morgan fingerprint density at radius 3 is 2.71 bits per heavy atom. The van der Waals surface area contributed by atoms with E-state index in [0.29, 0.717) is 12.2 Å². The van der Waals surface area contributed by atoms with Gasteiger partial charge in [0.05, 0.1) is 0 Å². The van der Waals surface area contributed by atoms with Crippen molar-refractivity contribution in [1.29, 1.82) is 0 Å². The summed E-state index contributed by atoms with van der Waals surface area (Å²) in [7, 11) is 0. The van der Waals surface area contributed by atoms with Crippen molar-refractivity contribution < 1.29 is 14.7 Å². The van der Waals surface area contributed by atoms with Gasteiger partial charge in [-0.3, -0.25) is 14.9 Å². The minimum absolute atomic E-state index is 0.121. The number of amides is 1. The van der Waals surface area contributed by atoms with Crippen LogP contribution in [0.5, 0.6) is 0 Å². The van der Waals surface area contributed by atoms with Crippen molar-refractivity contribution in [3.63, 3.8) is 0 Å². The molecule has 2 atom stereocenters. The zero-order valence-corrected chi connectivity index (χ0v) is 9.86. The molecule has 0 aromatic carbocycles. The number of nitrogens with one attached hydrogen (secondary N) is 3. The summed E-state index contributed by atoms with van der Waals surface area (Å²) in [6.45, 7) is 3.62. The summed E-state index contributed by atoms with van der Waals surface area (Å²) in [5, 5.41) is 14.6. The SMILES string of the molecule is CC(=O)NC(C)CNC(C(=O)O)c1ccc[nH]1. The lowest BCUT2D eigenvalue weighted by Crippen LogP contribution is -2.41. The Morgan fingerprint density at radius 1 is 1.53 bits per heavy atom. The lowest BCUT2D eigenvalue weighted by molar-refractivity contribution is -0.139. The van der Waals surface area contributed by atoms with E-state index in [4.69, 9.17) is 5.11 Å². The van der Waals surface area contributed by atoms with E-state index >= 15 is 0 Å². The van der Waals surface area contributed by atoms with Crippen LogP contribution in [0.25, 0.3) is 0 Å². The molecule has 0 aliphatic heterocycles. The Kier molecular flexibility index (Phi) is 4.71. The van der Waals surface area contributed by atoms with Crippen LogP contribution in [-0.4, -0.2) is 34.6 Å². The minimum atomic E-state index is -0.956. The molecule has 0 spiro atoms. The van der Waals surface area contributed by atoms with E-state index in [0.717, 1.165) is 0 Å². The topological polar surface area (TPSA) is 94.2 Å². The van der Waals surface area contributed by atoms with Crippen molar-refractivity contribution in [3.05, 3.63) is 24.0 Å². The van der Waals surface area contributed by atoms with Crippen LogP contribution in [0.3, 0.4) is 0 Å². The van der Waals surface area contributed by atoms with Gasteiger partial charge in [-0.2, -0.15) is 0 Å². The summed E-state index contributed by atoms with van der Waals surface area (Å²) in [6.07, 6.45) is 1.67. The first kappa shape index (κ1) is 13.2. The second kappa shape index (κ2) is 6.05. The van der Waals surface area contributed by atoms with E-state index in [1.54, 1.807) is 18.3 Å². The van der Waals surface area contributed by atoms with Crippen LogP contribution >= 0.6 is 0 Å². The second-order valence-electron chi connectivity index (χ2n) is 3.91. The van der Waals surface area contributed by atoms with Gasteiger partial charge in [-0.25, -0.2) is 0 Å². The molecule has 0 radical (unpaired) electrons. The fourth-order valence-electron chi connectivity index (χ4n) is 1.55. The van der Waals surface area contributed by atoms with Crippen LogP contribution in [0.4, 0.5) is 0 Å². The minimum Gasteiger partial charge on any atom is -0.480 e. The lowest BCUT2D eigenvalue weighted by Gasteiger charge is -2.17. The Bertz CT molecular complexity index is 375. The van der Waals surface area contributed by atoms with Gasteiger partial charge in [0.15, 0.2) is 0 Å². The number of hydrogen-bond donors (Lipinski definition) is 4. The van der Waals surface area contributed by atoms with Crippen LogP contribution in [-0.2, 0) is 9.59 Å². The van der Waals surface area contributed by atoms with Gasteiger partial charge in [0.1, 0.15) is 6.04 Å². The molecule has 0 aliphatic rings. The van der Waals surface area contributed by atoms with Gasteiger partial charge in [-0.1, -0.05) is 0 Å². The van der Waals surface area contributed by atoms with E-state index in [-0.39, 0.29) is 11.9 Å². The first-order valence-corrected chi connectivity index (χ1v) is 5.37. The fraction of sp³-hybridized carbons (Fsp3) is 0.455. The molecule has 0 saturated heterocycles. The number of H-pyrrole nitrogens is 1. The van der Waals surface area contributed by atoms with Crippen LogP contribution in [0.1, 0.15) is 25.6 Å². The molecule has 1 rings (SSSR count). The number of rotatable bonds is 6. The van der Waals surface area contributed by atoms with Crippen molar-refractivity contribution >= 4 is 11.9 Å². The molecule has 1 heterocycles. The van der Waals surface area contributed by atoms with Crippen LogP contribution in [0, 0.1) is 0 Å². The van der Waals surface area contributed by atoms with Crippen LogP contribution < -0.4 is 10.6 Å². The third-order valence-corrected chi connectivity index (χ3v) is 2.26. The van der Waals surface area contributed by atoms with Crippen molar-refractivity contribution in [2.24, 2.45) is 0 Å². The molecule has 4 N–H and O–H groups in total. The van der Waals surface area contributed by atoms with E-state index in [1.165, 1.54) is 6.92 Å². The zero-order chi connectivity index (χ0) is 12.8. The van der Waals surface area contributed by atoms with Gasteiger partial charge >= 0.3 is 5.97 Å². The molecule has 1 aromatic rings. The molecule has 0 bridgehead atoms. The molecule has 17 heavy (non-hydrogen) atoms. The summed E-state index contributed by atoms with van der Waals surface area (Å²) >= 11 is 0. The van der Waals surface area contributed by atoms with Gasteiger partial charge in [-0.05, 0) is 19.1 Å². The zero-order valence-electron chi connectivity index (χ0n) is 9.86. The smallest absolute Gasteiger partial charge is 0.326 e. The van der Waals surface area contributed by atoms with E-state index in [9.17, 15) is 9.59 Å². The summed E-state index contributed by atoms with van der Waals surface area (Å²) in [5.41, 5.74) is 0.590. The monoisotopic (exact) mass is 239 g/mol. The molecule has 94 valence electrons. The van der Waals surface area contributed by atoms with Gasteiger partial charge in [0, 0.05) is 31.4 Å². The van der Waals surface area contributed by atoms with Crippen molar-refractivity contribution in [3.8, 4) is 0 Å². The normalized spacial score (nSPS) is 14.0. The van der Waals surface area contributed by atoms with E-state index in [2.05, 4.69) is 15.6 Å². The highest BCUT2D eigenvalue weighted by molar-refractivity contribution is 5.75. The number of aromatic amines is 1. The Hall–Kier alpha value is -1.82. The van der Waals surface area contributed by atoms with Crippen molar-refractivity contribution in [1.82, 2.24) is 15.6 Å². The molecule has 1 amide bonds. The number of carbonyl (C=O) groups excluding carboxylic acids is 1. The maximum Gasteiger partial charge on any atom is 0.326 e. The maximum atomic E-state index is 11.1. The summed E-state index contributed by atoms with van der Waals surface area (Å²) in [4.78, 5) is 24.7. The Morgan fingerprint density at radius 2 is 2.24 bits per heavy atom. The molecule has 6 nitrogen and oxygen atoms in total. The average Bonchev–Trinajstić information content (AvgIpc) is 2.69. The molecule has 0 aliphatic carbocycles. The predicted molar refractivity (Wildman–Crippen MR) is 62.5 cm³/mol. The highest BCUT2D eigenvalue weighted by Gasteiger charge is 2.20. The molecular weight excluding hydrogens is 222 g/mol. The van der Waals surface area contributed by atoms with Gasteiger partial charge in [-0.15, -0.1) is 0 Å². The van der Waals surface area contributed by atoms with Gasteiger partial charge < -0.3 is 15.4 Å². The van der Waals surface area contributed by atoms with Gasteiger partial charge in [0.25, 0.3) is 0 Å². The highest BCUT2D eigenvalue weighted by Crippen LogP contribution is 2.09. The molecule has 0 fully saturated rings. The van der Waals surface area contributed by atoms with E-state index in [1.807, 2.05) is 6.92 Å². The third kappa shape index (κ3) is 4.28. The number of aromatic nitrogens is 1. The molecule has 1 aromatic heterocycles. The van der Waals surface area contributed by atoms with Gasteiger partial charge in [0.2, 0.25) is 5.91 Å². The number of carbonyl (C=O) groups is 2. The lowest BCUT2D eigenvalue weighted by atomic mass is 10.2. The number of hydrogen-bond acceptors (Lipinski definition) is 3. The summed E-state index contributed by atoms with van der Waals surface area (Å²) in [6, 6.07) is 2.53. The molecule has 2 unspecified atom stereocenters. The standard InChI is InChI=1S/C11H17N3O3/c1-7(14-8(2)15)6-13-10(11(16)17)9-4-3-5-12-9/h3-5,7,10,12-13H,6H2,1-2H3,(H,14,15)(H,16,17). The Labute approximate surface area is 99.4 Å². The average molecular weight is 239 g/mol. The predicted octanol–water partition coefficient (Wildman–Crippen LogP) is 0.255. The van der Waals surface area contributed by atoms with Crippen LogP contribution in [0.2, 0.25) is 0 Å². The maximum absolute atomic E-state index is 11.1. The number of aliphatic carboxylic acids is 1. The Balaban J connectivity index is 2.52. The summed E-state index contributed by atoms with van der Waals surface area (Å²) < 4.78 is 0. The van der Waals surface area contributed by atoms with E-state index < -0.39 is 12.0 Å². The first-order chi connectivity index (χ1) is 8.00. The molecule has 6 heteroatoms. The highest BCUT2D eigenvalue weighted by atomic mass is 16.4. The molecular formula is C11H17N3O3. The number of carboxylic acid groups (broad SMARTS) is 1. The van der Waals surface area contributed by atoms with Crippen molar-refractivity contribution in [2.75, 3.05) is 6.54 Å². The van der Waals surface area contributed by atoms with Crippen LogP contribution in [0.15, 0.2) is 18.3 Å². The largest absolute Gasteiger partial charge is 0.480 e. The number of carboxylic acids is 1. The third-order valence-electron chi connectivity index (χ3n) is 2.26. The first-order valence-electron chi connectivity index (χ1n) is 5.37. The molecule has 0 saturated carbocycles. The summed E-state index contributed by atoms with van der Waals surface area (Å²) in [5.74, 6) is -1.09. The second-order valence-corrected chi connectivity index (χ2v) is 3.91. The van der Waals surface area contributed by atoms with Crippen molar-refractivity contribution in [2.45, 2.75) is 25.9 Å².